The minimum absolute atomic E-state index is 0.0772. The van der Waals surface area contributed by atoms with E-state index in [1.54, 1.807) is 0 Å². The van der Waals surface area contributed by atoms with Crippen molar-refractivity contribution in [2.45, 2.75) is 51.1 Å². The molecule has 1 fully saturated rings. The summed E-state index contributed by atoms with van der Waals surface area (Å²) in [6.07, 6.45) is 3.96. The number of benzene rings is 1. The summed E-state index contributed by atoms with van der Waals surface area (Å²) in [5, 5.41) is 14.8. The zero-order chi connectivity index (χ0) is 16.8. The third kappa shape index (κ3) is 4.89. The van der Waals surface area contributed by atoms with Crippen LogP contribution in [0.4, 0.5) is 13.6 Å². The van der Waals surface area contributed by atoms with Gasteiger partial charge in [0, 0.05) is 24.3 Å². The fourth-order valence-corrected chi connectivity index (χ4v) is 3.06. The number of halogens is 2. The molecule has 0 heterocycles. The van der Waals surface area contributed by atoms with Gasteiger partial charge in [0.25, 0.3) is 0 Å². The van der Waals surface area contributed by atoms with Crippen molar-refractivity contribution < 1.29 is 18.7 Å². The molecular weight excluding hydrogens is 302 g/mol. The zero-order valence-corrected chi connectivity index (χ0v) is 13.3. The Balaban J connectivity index is 1.90. The maximum atomic E-state index is 13.8. The molecule has 1 unspecified atom stereocenters. The number of aliphatic hydroxyl groups is 1. The molecule has 6 heteroatoms. The highest BCUT2D eigenvalue weighted by Crippen LogP contribution is 2.24. The monoisotopic (exact) mass is 326 g/mol. The van der Waals surface area contributed by atoms with Crippen LogP contribution < -0.4 is 10.6 Å². The van der Waals surface area contributed by atoms with E-state index in [1.807, 2.05) is 6.92 Å². The van der Waals surface area contributed by atoms with Gasteiger partial charge in [0.05, 0.1) is 6.04 Å². The van der Waals surface area contributed by atoms with E-state index >= 15 is 0 Å². The number of hydrogen-bond donors (Lipinski definition) is 3. The van der Waals surface area contributed by atoms with Crippen molar-refractivity contribution in [2.24, 2.45) is 5.92 Å². The molecule has 0 radical (unpaired) electrons. The Labute approximate surface area is 135 Å². The summed E-state index contributed by atoms with van der Waals surface area (Å²) < 4.78 is 26.8. The van der Waals surface area contributed by atoms with E-state index in [0.717, 1.165) is 31.7 Å². The first-order chi connectivity index (χ1) is 11.0. The van der Waals surface area contributed by atoms with Gasteiger partial charge in [-0.25, -0.2) is 13.6 Å². The quantitative estimate of drug-likeness (QED) is 0.778. The second kappa shape index (κ2) is 8.24. The van der Waals surface area contributed by atoms with Gasteiger partial charge in [0.2, 0.25) is 0 Å². The van der Waals surface area contributed by atoms with Crippen LogP contribution in [-0.4, -0.2) is 23.8 Å². The van der Waals surface area contributed by atoms with Crippen molar-refractivity contribution in [3.8, 4) is 0 Å². The number of nitrogens with one attached hydrogen (secondary N) is 2. The summed E-state index contributed by atoms with van der Waals surface area (Å²) in [6.45, 7) is 2.03. The van der Waals surface area contributed by atoms with Crippen molar-refractivity contribution in [3.63, 3.8) is 0 Å². The Morgan fingerprint density at radius 1 is 1.30 bits per heavy atom. The molecule has 0 spiro atoms. The smallest absolute Gasteiger partial charge is 0.315 e. The molecular formula is C17H24F2N2O2. The van der Waals surface area contributed by atoms with Crippen LogP contribution in [0.1, 0.15) is 50.6 Å². The molecule has 0 aliphatic heterocycles. The Hall–Kier alpha value is -1.69. The number of amides is 2. The topological polar surface area (TPSA) is 61.4 Å². The maximum Gasteiger partial charge on any atom is 0.315 e. The van der Waals surface area contributed by atoms with Gasteiger partial charge in [-0.05, 0) is 44.1 Å². The third-order valence-corrected chi connectivity index (χ3v) is 4.49. The summed E-state index contributed by atoms with van der Waals surface area (Å²) in [4.78, 5) is 12.1. The van der Waals surface area contributed by atoms with Crippen LogP contribution in [0.2, 0.25) is 0 Å². The first kappa shape index (κ1) is 17.7. The van der Waals surface area contributed by atoms with Crippen LogP contribution in [0, 0.1) is 17.6 Å². The molecule has 1 aromatic rings. The summed E-state index contributed by atoms with van der Waals surface area (Å²) in [5.41, 5.74) is 0.285. The molecule has 0 saturated heterocycles. The summed E-state index contributed by atoms with van der Waals surface area (Å²) in [6, 6.07) is 2.63. The lowest BCUT2D eigenvalue weighted by molar-refractivity contribution is 0.174. The number of carbonyl (C=O) groups is 1. The Kier molecular flexibility index (Phi) is 6.33. The molecule has 1 atom stereocenters. The van der Waals surface area contributed by atoms with Crippen LogP contribution in [0.3, 0.4) is 0 Å². The number of rotatable bonds is 5. The number of carbonyl (C=O) groups excluding carboxylic acids is 1. The van der Waals surface area contributed by atoms with E-state index in [2.05, 4.69) is 10.6 Å². The van der Waals surface area contributed by atoms with E-state index in [9.17, 15) is 13.6 Å². The first-order valence-corrected chi connectivity index (χ1v) is 8.16. The average molecular weight is 326 g/mol. The Morgan fingerprint density at radius 2 is 2.00 bits per heavy atom. The lowest BCUT2D eigenvalue weighted by Crippen LogP contribution is -2.45. The lowest BCUT2D eigenvalue weighted by atomic mass is 9.87. The van der Waals surface area contributed by atoms with Crippen molar-refractivity contribution in [1.82, 2.24) is 10.6 Å². The molecule has 2 rings (SSSR count). The molecule has 1 aromatic carbocycles. The third-order valence-electron chi connectivity index (χ3n) is 4.49. The highest BCUT2D eigenvalue weighted by molar-refractivity contribution is 5.74. The molecule has 0 bridgehead atoms. The van der Waals surface area contributed by atoms with Crippen LogP contribution in [-0.2, 0) is 0 Å². The molecule has 128 valence electrons. The Morgan fingerprint density at radius 3 is 2.57 bits per heavy atom. The fourth-order valence-electron chi connectivity index (χ4n) is 3.06. The predicted octanol–water partition coefficient (Wildman–Crippen LogP) is 3.27. The largest absolute Gasteiger partial charge is 0.396 e. The van der Waals surface area contributed by atoms with Gasteiger partial charge in [0.15, 0.2) is 0 Å². The van der Waals surface area contributed by atoms with Gasteiger partial charge >= 0.3 is 6.03 Å². The van der Waals surface area contributed by atoms with Crippen molar-refractivity contribution in [3.05, 3.63) is 35.4 Å². The standard InChI is InChI=1S/C17H24F2N2O2/c1-2-16(14-8-5-12(18)9-15(14)19)21-17(23)20-13-6-3-11(10-22)4-7-13/h5,8-9,11,13,16,22H,2-4,6-7,10H2,1H3,(H2,20,21,23). The first-order valence-electron chi connectivity index (χ1n) is 8.16. The summed E-state index contributed by atoms with van der Waals surface area (Å²) in [7, 11) is 0. The van der Waals surface area contributed by atoms with Crippen molar-refractivity contribution in [2.75, 3.05) is 6.61 Å². The predicted molar refractivity (Wildman–Crippen MR) is 83.9 cm³/mol. The fraction of sp³-hybridized carbons (Fsp3) is 0.588. The van der Waals surface area contributed by atoms with E-state index in [1.165, 1.54) is 12.1 Å². The highest BCUT2D eigenvalue weighted by atomic mass is 19.1. The van der Waals surface area contributed by atoms with Crippen LogP contribution in [0.5, 0.6) is 0 Å². The molecule has 4 nitrogen and oxygen atoms in total. The summed E-state index contributed by atoms with van der Waals surface area (Å²) in [5.74, 6) is -0.959. The van der Waals surface area contributed by atoms with Crippen molar-refractivity contribution >= 4 is 6.03 Å². The molecule has 1 aliphatic rings. The average Bonchev–Trinajstić information content (AvgIpc) is 2.54. The highest BCUT2D eigenvalue weighted by Gasteiger charge is 2.23. The molecule has 0 aromatic heterocycles. The van der Waals surface area contributed by atoms with E-state index in [4.69, 9.17) is 5.11 Å². The molecule has 1 aliphatic carbocycles. The number of aliphatic hydroxyl groups excluding tert-OH is 1. The SMILES string of the molecule is CCC(NC(=O)NC1CCC(CO)CC1)c1ccc(F)cc1F. The van der Waals surface area contributed by atoms with Crippen LogP contribution >= 0.6 is 0 Å². The van der Waals surface area contributed by atoms with Gasteiger partial charge < -0.3 is 15.7 Å². The second-order valence-electron chi connectivity index (χ2n) is 6.14. The lowest BCUT2D eigenvalue weighted by Gasteiger charge is -2.28. The van der Waals surface area contributed by atoms with Gasteiger partial charge in [-0.2, -0.15) is 0 Å². The van der Waals surface area contributed by atoms with Crippen LogP contribution in [0.15, 0.2) is 18.2 Å². The van der Waals surface area contributed by atoms with Gasteiger partial charge in [-0.15, -0.1) is 0 Å². The molecule has 3 N–H and O–H groups in total. The maximum absolute atomic E-state index is 13.8. The second-order valence-corrected chi connectivity index (χ2v) is 6.14. The van der Waals surface area contributed by atoms with Gasteiger partial charge in [-0.1, -0.05) is 13.0 Å². The van der Waals surface area contributed by atoms with Gasteiger partial charge in [-0.3, -0.25) is 0 Å². The van der Waals surface area contributed by atoms with E-state index in [-0.39, 0.29) is 24.2 Å². The number of hydrogen-bond acceptors (Lipinski definition) is 2. The molecule has 1 saturated carbocycles. The number of urea groups is 1. The Bertz CT molecular complexity index is 531. The van der Waals surface area contributed by atoms with Crippen molar-refractivity contribution in [1.29, 1.82) is 0 Å². The normalized spacial score (nSPS) is 22.4. The van der Waals surface area contributed by atoms with Crippen LogP contribution in [0.25, 0.3) is 0 Å². The minimum atomic E-state index is -0.652. The summed E-state index contributed by atoms with van der Waals surface area (Å²) >= 11 is 0. The zero-order valence-electron chi connectivity index (χ0n) is 13.3. The molecule has 2 amide bonds. The van der Waals surface area contributed by atoms with Gasteiger partial charge in [0.1, 0.15) is 11.6 Å². The minimum Gasteiger partial charge on any atom is -0.396 e. The van der Waals surface area contributed by atoms with E-state index < -0.39 is 17.7 Å². The van der Waals surface area contributed by atoms with E-state index in [0.29, 0.717) is 12.3 Å². The molecule has 23 heavy (non-hydrogen) atoms.